The number of hydrogen-bond acceptors (Lipinski definition) is 5. The first-order valence-corrected chi connectivity index (χ1v) is 5.87. The highest BCUT2D eigenvalue weighted by molar-refractivity contribution is 6.30. The molecule has 1 heterocycles. The van der Waals surface area contributed by atoms with E-state index in [1.807, 2.05) is 0 Å². The van der Waals surface area contributed by atoms with Crippen molar-refractivity contribution in [2.45, 2.75) is 6.92 Å². The van der Waals surface area contributed by atoms with Crippen LogP contribution < -0.4 is 5.32 Å². The molecule has 0 aliphatic rings. The summed E-state index contributed by atoms with van der Waals surface area (Å²) in [7, 11) is 1.66. The van der Waals surface area contributed by atoms with Crippen LogP contribution in [0.25, 0.3) is 11.3 Å². The normalized spacial score (nSPS) is 10.3. The van der Waals surface area contributed by atoms with Gasteiger partial charge in [0, 0.05) is 17.6 Å². The van der Waals surface area contributed by atoms with Crippen molar-refractivity contribution in [3.63, 3.8) is 0 Å². The highest BCUT2D eigenvalue weighted by atomic mass is 35.5. The van der Waals surface area contributed by atoms with E-state index in [9.17, 15) is 10.1 Å². The summed E-state index contributed by atoms with van der Waals surface area (Å²) in [6, 6.07) is 6.78. The van der Waals surface area contributed by atoms with Crippen LogP contribution in [0.2, 0.25) is 5.02 Å². The molecule has 0 fully saturated rings. The molecule has 1 N–H and O–H groups in total. The highest BCUT2D eigenvalue weighted by Crippen LogP contribution is 2.32. The van der Waals surface area contributed by atoms with Crippen LogP contribution in [0.4, 0.5) is 11.6 Å². The van der Waals surface area contributed by atoms with Crippen molar-refractivity contribution in [3.8, 4) is 11.3 Å². The standard InChI is InChI=1S/C12H11ClN4O2/c1-7-11(17(18)19)10(16-12(14-2)15-7)8-4-3-5-9(13)6-8/h3-6H,1-2H3,(H,14,15,16). The van der Waals surface area contributed by atoms with Crippen molar-refractivity contribution in [3.05, 3.63) is 45.1 Å². The summed E-state index contributed by atoms with van der Waals surface area (Å²) in [5.41, 5.74) is 1.03. The summed E-state index contributed by atoms with van der Waals surface area (Å²) in [6.07, 6.45) is 0. The summed E-state index contributed by atoms with van der Waals surface area (Å²) < 4.78 is 0. The SMILES string of the molecule is CNc1nc(C)c([N+](=O)[O-])c(-c2cccc(Cl)c2)n1. The second-order valence-corrected chi connectivity index (χ2v) is 4.28. The van der Waals surface area contributed by atoms with E-state index < -0.39 is 4.92 Å². The van der Waals surface area contributed by atoms with E-state index in [4.69, 9.17) is 11.6 Å². The molecule has 1 aromatic carbocycles. The number of aromatic nitrogens is 2. The molecule has 0 unspecified atom stereocenters. The maximum absolute atomic E-state index is 11.2. The Morgan fingerprint density at radius 2 is 2.11 bits per heavy atom. The van der Waals surface area contributed by atoms with E-state index in [-0.39, 0.29) is 11.4 Å². The van der Waals surface area contributed by atoms with Crippen molar-refractivity contribution in [2.75, 3.05) is 12.4 Å². The molecule has 0 amide bonds. The molecule has 2 aromatic rings. The lowest BCUT2D eigenvalue weighted by Crippen LogP contribution is -2.05. The average Bonchev–Trinajstić information content (AvgIpc) is 2.37. The molecule has 98 valence electrons. The Morgan fingerprint density at radius 3 is 2.68 bits per heavy atom. The van der Waals surface area contributed by atoms with Crippen molar-refractivity contribution >= 4 is 23.2 Å². The van der Waals surface area contributed by atoms with Crippen LogP contribution >= 0.6 is 11.6 Å². The van der Waals surface area contributed by atoms with E-state index in [0.29, 0.717) is 22.2 Å². The topological polar surface area (TPSA) is 81.0 Å². The van der Waals surface area contributed by atoms with Gasteiger partial charge in [0.2, 0.25) is 5.95 Å². The Kier molecular flexibility index (Phi) is 3.62. The maximum Gasteiger partial charge on any atom is 0.316 e. The van der Waals surface area contributed by atoms with Gasteiger partial charge in [0.15, 0.2) is 5.69 Å². The van der Waals surface area contributed by atoms with Gasteiger partial charge in [-0.25, -0.2) is 9.97 Å². The fourth-order valence-electron chi connectivity index (χ4n) is 1.73. The molecular weight excluding hydrogens is 268 g/mol. The number of anilines is 1. The molecule has 0 saturated heterocycles. The lowest BCUT2D eigenvalue weighted by Gasteiger charge is -2.07. The summed E-state index contributed by atoms with van der Waals surface area (Å²) in [4.78, 5) is 18.9. The minimum absolute atomic E-state index is 0.110. The molecule has 0 atom stereocenters. The van der Waals surface area contributed by atoms with Crippen molar-refractivity contribution < 1.29 is 4.92 Å². The molecule has 6 nitrogen and oxygen atoms in total. The van der Waals surface area contributed by atoms with Crippen molar-refractivity contribution in [2.24, 2.45) is 0 Å². The number of halogens is 1. The Labute approximate surface area is 114 Å². The van der Waals surface area contributed by atoms with Crippen LogP contribution in [0, 0.1) is 17.0 Å². The third kappa shape index (κ3) is 2.63. The molecule has 0 aliphatic carbocycles. The predicted molar refractivity (Wildman–Crippen MR) is 73.4 cm³/mol. The number of benzene rings is 1. The first-order chi connectivity index (χ1) is 9.02. The molecule has 7 heteroatoms. The first kappa shape index (κ1) is 13.2. The molecule has 2 rings (SSSR count). The summed E-state index contributed by atoms with van der Waals surface area (Å²) >= 11 is 5.91. The zero-order valence-electron chi connectivity index (χ0n) is 10.3. The second kappa shape index (κ2) is 5.19. The Bertz CT molecular complexity index is 646. The first-order valence-electron chi connectivity index (χ1n) is 5.49. The van der Waals surface area contributed by atoms with Gasteiger partial charge in [0.25, 0.3) is 0 Å². The third-order valence-electron chi connectivity index (χ3n) is 2.56. The van der Waals surface area contributed by atoms with Gasteiger partial charge in [-0.05, 0) is 19.1 Å². The Hall–Kier alpha value is -2.21. The van der Waals surface area contributed by atoms with Crippen molar-refractivity contribution in [1.29, 1.82) is 0 Å². The van der Waals surface area contributed by atoms with Crippen LogP contribution in [0.15, 0.2) is 24.3 Å². The summed E-state index contributed by atoms with van der Waals surface area (Å²) in [6.45, 7) is 1.58. The molecule has 0 saturated carbocycles. The van der Waals surface area contributed by atoms with Crippen molar-refractivity contribution in [1.82, 2.24) is 9.97 Å². The van der Waals surface area contributed by atoms with Gasteiger partial charge in [0.05, 0.1) is 4.92 Å². The number of nitro groups is 1. The van der Waals surface area contributed by atoms with Gasteiger partial charge in [-0.1, -0.05) is 23.7 Å². The van der Waals surface area contributed by atoms with E-state index >= 15 is 0 Å². The zero-order chi connectivity index (χ0) is 14.0. The van der Waals surface area contributed by atoms with Gasteiger partial charge >= 0.3 is 5.69 Å². The molecule has 19 heavy (non-hydrogen) atoms. The van der Waals surface area contributed by atoms with Crippen LogP contribution in [0.3, 0.4) is 0 Å². The Morgan fingerprint density at radius 1 is 1.37 bits per heavy atom. The summed E-state index contributed by atoms with van der Waals surface area (Å²) in [5.74, 6) is 0.332. The minimum Gasteiger partial charge on any atom is -0.357 e. The van der Waals surface area contributed by atoms with Crippen LogP contribution in [-0.2, 0) is 0 Å². The number of nitrogens with one attached hydrogen (secondary N) is 1. The quantitative estimate of drug-likeness (QED) is 0.689. The molecule has 0 radical (unpaired) electrons. The smallest absolute Gasteiger partial charge is 0.316 e. The van der Waals surface area contributed by atoms with Crippen LogP contribution in [0.5, 0.6) is 0 Å². The minimum atomic E-state index is -0.481. The van der Waals surface area contributed by atoms with E-state index in [1.54, 1.807) is 38.2 Å². The fourth-order valence-corrected chi connectivity index (χ4v) is 1.92. The molecule has 0 spiro atoms. The van der Waals surface area contributed by atoms with Gasteiger partial charge in [0.1, 0.15) is 5.69 Å². The van der Waals surface area contributed by atoms with Gasteiger partial charge in [-0.15, -0.1) is 0 Å². The van der Waals surface area contributed by atoms with E-state index in [2.05, 4.69) is 15.3 Å². The highest BCUT2D eigenvalue weighted by Gasteiger charge is 2.23. The molecular formula is C12H11ClN4O2. The average molecular weight is 279 g/mol. The van der Waals surface area contributed by atoms with E-state index in [1.165, 1.54) is 0 Å². The number of nitrogens with zero attached hydrogens (tertiary/aromatic N) is 3. The Balaban J connectivity index is 2.72. The lowest BCUT2D eigenvalue weighted by atomic mass is 10.1. The maximum atomic E-state index is 11.2. The largest absolute Gasteiger partial charge is 0.357 e. The number of aryl methyl sites for hydroxylation is 1. The molecule has 0 aliphatic heterocycles. The summed E-state index contributed by atoms with van der Waals surface area (Å²) in [5, 5.41) is 14.4. The van der Waals surface area contributed by atoms with E-state index in [0.717, 1.165) is 0 Å². The zero-order valence-corrected chi connectivity index (χ0v) is 11.1. The third-order valence-corrected chi connectivity index (χ3v) is 2.80. The van der Waals surface area contributed by atoms with Gasteiger partial charge < -0.3 is 5.32 Å². The molecule has 1 aromatic heterocycles. The van der Waals surface area contributed by atoms with Gasteiger partial charge in [-0.2, -0.15) is 0 Å². The van der Waals surface area contributed by atoms with Gasteiger partial charge in [-0.3, -0.25) is 10.1 Å². The second-order valence-electron chi connectivity index (χ2n) is 3.85. The van der Waals surface area contributed by atoms with Crippen LogP contribution in [-0.4, -0.2) is 21.9 Å². The number of hydrogen-bond donors (Lipinski definition) is 1. The monoisotopic (exact) mass is 278 g/mol. The number of rotatable bonds is 3. The predicted octanol–water partition coefficient (Wildman–Crippen LogP) is 3.06. The lowest BCUT2D eigenvalue weighted by molar-refractivity contribution is -0.385. The van der Waals surface area contributed by atoms with Crippen LogP contribution in [0.1, 0.15) is 5.69 Å². The molecule has 0 bridgehead atoms. The fraction of sp³-hybridized carbons (Fsp3) is 0.167.